The molecule has 1 aromatic heterocycles. The summed E-state index contributed by atoms with van der Waals surface area (Å²) in [7, 11) is 1.50. The first kappa shape index (κ1) is 16.5. The number of methoxy groups -OCH3 is 1. The zero-order chi connectivity index (χ0) is 17.6. The molecule has 1 heterocycles. The SMILES string of the molecule is COc1ccc(Nc2cc(Nc3cccc(CO)c3)ncn2)cc1O. The van der Waals surface area contributed by atoms with Crippen LogP contribution in [0.15, 0.2) is 54.9 Å². The van der Waals surface area contributed by atoms with E-state index in [2.05, 4.69) is 20.6 Å². The third kappa shape index (κ3) is 4.15. The molecule has 0 atom stereocenters. The lowest BCUT2D eigenvalue weighted by Crippen LogP contribution is -1.99. The molecular weight excluding hydrogens is 320 g/mol. The van der Waals surface area contributed by atoms with Crippen LogP contribution >= 0.6 is 0 Å². The Balaban J connectivity index is 1.76. The zero-order valence-corrected chi connectivity index (χ0v) is 13.6. The summed E-state index contributed by atoms with van der Waals surface area (Å²) in [6.45, 7) is -0.0208. The molecule has 128 valence electrons. The van der Waals surface area contributed by atoms with Crippen LogP contribution in [0, 0.1) is 0 Å². The number of nitrogens with one attached hydrogen (secondary N) is 2. The number of phenolic OH excluding ortho intramolecular Hbond substituents is 1. The van der Waals surface area contributed by atoms with Crippen LogP contribution < -0.4 is 15.4 Å². The Labute approximate surface area is 145 Å². The largest absolute Gasteiger partial charge is 0.504 e. The number of phenols is 1. The first-order valence-corrected chi connectivity index (χ1v) is 7.61. The number of anilines is 4. The Kier molecular flexibility index (Phi) is 4.96. The van der Waals surface area contributed by atoms with Gasteiger partial charge in [-0.1, -0.05) is 12.1 Å². The molecule has 0 radical (unpaired) electrons. The number of hydrogen-bond acceptors (Lipinski definition) is 7. The molecular formula is C18H18N4O3. The number of hydrogen-bond donors (Lipinski definition) is 4. The van der Waals surface area contributed by atoms with Gasteiger partial charge in [0.05, 0.1) is 13.7 Å². The number of aliphatic hydroxyl groups excluding tert-OH is 1. The van der Waals surface area contributed by atoms with E-state index in [4.69, 9.17) is 4.74 Å². The van der Waals surface area contributed by atoms with Crippen LogP contribution in [0.5, 0.6) is 11.5 Å². The standard InChI is InChI=1S/C18H18N4O3/c1-25-16-6-5-14(8-15(16)24)22-18-9-17(19-11-20-18)21-13-4-2-3-12(7-13)10-23/h2-9,11,23-24H,10H2,1H3,(H2,19,20,21,22). The van der Waals surface area contributed by atoms with E-state index in [0.717, 1.165) is 11.3 Å². The minimum absolute atomic E-state index is 0.0208. The van der Waals surface area contributed by atoms with E-state index in [-0.39, 0.29) is 12.4 Å². The van der Waals surface area contributed by atoms with Gasteiger partial charge in [0.1, 0.15) is 18.0 Å². The van der Waals surface area contributed by atoms with E-state index in [1.54, 1.807) is 24.3 Å². The van der Waals surface area contributed by atoms with Gasteiger partial charge < -0.3 is 25.6 Å². The number of nitrogens with zero attached hydrogens (tertiary/aromatic N) is 2. The number of aromatic hydroxyl groups is 1. The van der Waals surface area contributed by atoms with Crippen molar-refractivity contribution < 1.29 is 14.9 Å². The van der Waals surface area contributed by atoms with Gasteiger partial charge in [0.25, 0.3) is 0 Å². The third-order valence-electron chi connectivity index (χ3n) is 3.50. The molecule has 0 fully saturated rings. The summed E-state index contributed by atoms with van der Waals surface area (Å²) in [4.78, 5) is 8.35. The topological polar surface area (TPSA) is 99.5 Å². The Morgan fingerprint density at radius 1 is 0.960 bits per heavy atom. The zero-order valence-electron chi connectivity index (χ0n) is 13.6. The molecule has 0 saturated carbocycles. The van der Waals surface area contributed by atoms with Crippen LogP contribution in [0.3, 0.4) is 0 Å². The maximum Gasteiger partial charge on any atom is 0.160 e. The van der Waals surface area contributed by atoms with Gasteiger partial charge in [-0.05, 0) is 29.8 Å². The van der Waals surface area contributed by atoms with Gasteiger partial charge in [0, 0.05) is 23.5 Å². The van der Waals surface area contributed by atoms with E-state index in [1.807, 2.05) is 24.3 Å². The van der Waals surface area contributed by atoms with Gasteiger partial charge in [0.15, 0.2) is 11.5 Å². The van der Waals surface area contributed by atoms with Crippen LogP contribution in [0.2, 0.25) is 0 Å². The fourth-order valence-corrected chi connectivity index (χ4v) is 2.30. The monoisotopic (exact) mass is 338 g/mol. The minimum atomic E-state index is -0.0208. The average Bonchev–Trinajstić information content (AvgIpc) is 2.62. The molecule has 7 nitrogen and oxygen atoms in total. The summed E-state index contributed by atoms with van der Waals surface area (Å²) < 4.78 is 5.02. The molecule has 0 aliphatic carbocycles. The lowest BCUT2D eigenvalue weighted by atomic mass is 10.2. The van der Waals surface area contributed by atoms with Crippen molar-refractivity contribution in [1.29, 1.82) is 0 Å². The van der Waals surface area contributed by atoms with Crippen LogP contribution in [-0.4, -0.2) is 27.3 Å². The third-order valence-corrected chi connectivity index (χ3v) is 3.50. The van der Waals surface area contributed by atoms with Crippen molar-refractivity contribution in [2.24, 2.45) is 0 Å². The van der Waals surface area contributed by atoms with Crippen molar-refractivity contribution in [1.82, 2.24) is 9.97 Å². The summed E-state index contributed by atoms with van der Waals surface area (Å²) in [5, 5.41) is 25.3. The summed E-state index contributed by atoms with van der Waals surface area (Å²) >= 11 is 0. The van der Waals surface area contributed by atoms with E-state index < -0.39 is 0 Å². The Hall–Kier alpha value is -3.32. The molecule has 3 aromatic rings. The Morgan fingerprint density at radius 2 is 1.68 bits per heavy atom. The maximum atomic E-state index is 9.84. The van der Waals surface area contributed by atoms with Gasteiger partial charge >= 0.3 is 0 Å². The minimum Gasteiger partial charge on any atom is -0.504 e. The van der Waals surface area contributed by atoms with E-state index in [0.29, 0.717) is 23.1 Å². The second-order valence-electron chi connectivity index (χ2n) is 5.28. The molecule has 0 unspecified atom stereocenters. The predicted molar refractivity (Wildman–Crippen MR) is 95.6 cm³/mol. The number of aliphatic hydroxyl groups is 1. The highest BCUT2D eigenvalue weighted by Crippen LogP contribution is 2.30. The van der Waals surface area contributed by atoms with Gasteiger partial charge in [-0.3, -0.25) is 0 Å². The predicted octanol–water partition coefficient (Wildman–Crippen LogP) is 3.17. The normalized spacial score (nSPS) is 10.3. The second-order valence-corrected chi connectivity index (χ2v) is 5.28. The van der Waals surface area contributed by atoms with E-state index >= 15 is 0 Å². The molecule has 7 heteroatoms. The van der Waals surface area contributed by atoms with Crippen molar-refractivity contribution >= 4 is 23.0 Å². The Bertz CT molecular complexity index is 870. The molecule has 0 aliphatic heterocycles. The van der Waals surface area contributed by atoms with Gasteiger partial charge in [-0.2, -0.15) is 0 Å². The molecule has 0 amide bonds. The lowest BCUT2D eigenvalue weighted by Gasteiger charge is -2.10. The fourth-order valence-electron chi connectivity index (χ4n) is 2.30. The first-order valence-electron chi connectivity index (χ1n) is 7.61. The van der Waals surface area contributed by atoms with Crippen molar-refractivity contribution in [2.45, 2.75) is 6.61 Å². The summed E-state index contributed by atoms with van der Waals surface area (Å²) in [6.07, 6.45) is 1.43. The van der Waals surface area contributed by atoms with Crippen LogP contribution in [-0.2, 0) is 6.61 Å². The summed E-state index contributed by atoms with van der Waals surface area (Å²) in [6, 6.07) is 14.2. The molecule has 0 saturated heterocycles. The van der Waals surface area contributed by atoms with Crippen molar-refractivity contribution in [3.05, 3.63) is 60.4 Å². The number of benzene rings is 2. The highest BCUT2D eigenvalue weighted by Gasteiger charge is 2.05. The van der Waals surface area contributed by atoms with E-state index in [9.17, 15) is 10.2 Å². The first-order chi connectivity index (χ1) is 12.2. The van der Waals surface area contributed by atoms with Crippen molar-refractivity contribution in [2.75, 3.05) is 17.7 Å². The van der Waals surface area contributed by atoms with Crippen LogP contribution in [0.1, 0.15) is 5.56 Å². The molecule has 25 heavy (non-hydrogen) atoms. The smallest absolute Gasteiger partial charge is 0.160 e. The lowest BCUT2D eigenvalue weighted by molar-refractivity contribution is 0.282. The van der Waals surface area contributed by atoms with Crippen molar-refractivity contribution in [3.63, 3.8) is 0 Å². The van der Waals surface area contributed by atoms with E-state index in [1.165, 1.54) is 13.4 Å². The molecule has 0 spiro atoms. The molecule has 0 aliphatic rings. The average molecular weight is 338 g/mol. The van der Waals surface area contributed by atoms with Gasteiger partial charge in [0.2, 0.25) is 0 Å². The number of aromatic nitrogens is 2. The summed E-state index contributed by atoms with van der Waals surface area (Å²) in [5.41, 5.74) is 2.30. The fraction of sp³-hybridized carbons (Fsp3) is 0.111. The van der Waals surface area contributed by atoms with Crippen molar-refractivity contribution in [3.8, 4) is 11.5 Å². The molecule has 0 bridgehead atoms. The number of ether oxygens (including phenoxy) is 1. The number of rotatable bonds is 6. The summed E-state index contributed by atoms with van der Waals surface area (Å²) in [5.74, 6) is 1.62. The van der Waals surface area contributed by atoms with Crippen LogP contribution in [0.4, 0.5) is 23.0 Å². The quantitative estimate of drug-likeness (QED) is 0.548. The van der Waals surface area contributed by atoms with Gasteiger partial charge in [-0.25, -0.2) is 9.97 Å². The van der Waals surface area contributed by atoms with Crippen LogP contribution in [0.25, 0.3) is 0 Å². The Morgan fingerprint density at radius 3 is 2.32 bits per heavy atom. The second kappa shape index (κ2) is 7.50. The molecule has 2 aromatic carbocycles. The highest BCUT2D eigenvalue weighted by atomic mass is 16.5. The molecule has 4 N–H and O–H groups in total. The highest BCUT2D eigenvalue weighted by molar-refractivity contribution is 5.65. The maximum absolute atomic E-state index is 9.84. The van der Waals surface area contributed by atoms with Gasteiger partial charge in [-0.15, -0.1) is 0 Å². The molecule has 3 rings (SSSR count).